The monoisotopic (exact) mass is 231 g/mol. The molecule has 6 heteroatoms. The Balaban J connectivity index is 2.14. The van der Waals surface area contributed by atoms with Gasteiger partial charge >= 0.3 is 6.18 Å². The molecule has 1 aromatic heterocycles. The van der Waals surface area contributed by atoms with Crippen molar-refractivity contribution in [1.82, 2.24) is 15.3 Å². The van der Waals surface area contributed by atoms with Crippen molar-refractivity contribution in [2.24, 2.45) is 0 Å². The third-order valence-electron chi connectivity index (χ3n) is 2.32. The maximum atomic E-state index is 12.4. The van der Waals surface area contributed by atoms with Crippen molar-refractivity contribution in [2.45, 2.75) is 38.5 Å². The van der Waals surface area contributed by atoms with E-state index in [1.54, 1.807) is 0 Å². The molecule has 1 aliphatic carbocycles. The van der Waals surface area contributed by atoms with Crippen LogP contribution in [0.3, 0.4) is 0 Å². The Hall–Kier alpha value is -1.17. The van der Waals surface area contributed by atoms with Crippen molar-refractivity contribution >= 4 is 0 Å². The van der Waals surface area contributed by atoms with Gasteiger partial charge in [0, 0.05) is 11.7 Å². The minimum Gasteiger partial charge on any atom is -0.307 e. The third-order valence-corrected chi connectivity index (χ3v) is 2.32. The lowest BCUT2D eigenvalue weighted by Crippen LogP contribution is -2.19. The van der Waals surface area contributed by atoms with Crippen molar-refractivity contribution < 1.29 is 13.2 Å². The number of rotatable bonds is 3. The summed E-state index contributed by atoms with van der Waals surface area (Å²) in [6.45, 7) is 1.84. The van der Waals surface area contributed by atoms with Crippen molar-refractivity contribution in [1.29, 1.82) is 0 Å². The Bertz CT molecular complexity index is 385. The van der Waals surface area contributed by atoms with Crippen molar-refractivity contribution in [2.75, 3.05) is 0 Å². The van der Waals surface area contributed by atoms with Crippen LogP contribution in [0.2, 0.25) is 0 Å². The zero-order valence-electron chi connectivity index (χ0n) is 8.80. The molecule has 1 saturated carbocycles. The summed E-state index contributed by atoms with van der Waals surface area (Å²) in [7, 11) is 0. The lowest BCUT2D eigenvalue weighted by molar-refractivity contribution is -0.141. The quantitative estimate of drug-likeness (QED) is 0.865. The summed E-state index contributed by atoms with van der Waals surface area (Å²) in [5.74, 6) is 0.208. The fourth-order valence-electron chi connectivity index (χ4n) is 1.38. The molecule has 0 amide bonds. The Kier molecular flexibility index (Phi) is 2.84. The van der Waals surface area contributed by atoms with E-state index in [9.17, 15) is 13.2 Å². The van der Waals surface area contributed by atoms with Gasteiger partial charge in [0.2, 0.25) is 0 Å². The smallest absolute Gasteiger partial charge is 0.307 e. The molecular weight excluding hydrogens is 219 g/mol. The maximum Gasteiger partial charge on any atom is 0.433 e. The Morgan fingerprint density at radius 2 is 2.06 bits per heavy atom. The van der Waals surface area contributed by atoms with E-state index in [1.165, 1.54) is 6.92 Å². The van der Waals surface area contributed by atoms with Gasteiger partial charge in [-0.2, -0.15) is 13.2 Å². The fraction of sp³-hybridized carbons (Fsp3) is 0.600. The van der Waals surface area contributed by atoms with Crippen LogP contribution >= 0.6 is 0 Å². The first kappa shape index (κ1) is 11.3. The molecule has 0 spiro atoms. The van der Waals surface area contributed by atoms with Gasteiger partial charge in [-0.15, -0.1) is 0 Å². The topological polar surface area (TPSA) is 37.8 Å². The molecule has 1 aromatic rings. The van der Waals surface area contributed by atoms with Gasteiger partial charge in [-0.1, -0.05) is 0 Å². The third kappa shape index (κ3) is 2.91. The molecule has 0 aliphatic heterocycles. The summed E-state index contributed by atoms with van der Waals surface area (Å²) in [5, 5.41) is 3.09. The molecule has 0 unspecified atom stereocenters. The summed E-state index contributed by atoms with van der Waals surface area (Å²) in [4.78, 5) is 7.48. The Morgan fingerprint density at radius 1 is 1.38 bits per heavy atom. The number of halogens is 3. The fourth-order valence-corrected chi connectivity index (χ4v) is 1.38. The molecule has 1 heterocycles. The van der Waals surface area contributed by atoms with Gasteiger partial charge in [-0.25, -0.2) is 9.97 Å². The first-order valence-electron chi connectivity index (χ1n) is 5.10. The predicted molar refractivity (Wildman–Crippen MR) is 51.6 cm³/mol. The van der Waals surface area contributed by atoms with Crippen molar-refractivity contribution in [3.63, 3.8) is 0 Å². The second-order valence-corrected chi connectivity index (χ2v) is 3.96. The van der Waals surface area contributed by atoms with E-state index >= 15 is 0 Å². The van der Waals surface area contributed by atoms with Crippen molar-refractivity contribution in [3.8, 4) is 0 Å². The number of aryl methyl sites for hydroxylation is 1. The lowest BCUT2D eigenvalue weighted by Gasteiger charge is -2.09. The summed E-state index contributed by atoms with van der Waals surface area (Å²) in [6.07, 6.45) is -2.24. The molecule has 88 valence electrons. The summed E-state index contributed by atoms with van der Waals surface area (Å²) >= 11 is 0. The maximum absolute atomic E-state index is 12.4. The molecule has 3 nitrogen and oxygen atoms in total. The van der Waals surface area contributed by atoms with E-state index in [1.807, 2.05) is 0 Å². The Morgan fingerprint density at radius 3 is 2.62 bits per heavy atom. The van der Waals surface area contributed by atoms with E-state index in [2.05, 4.69) is 15.3 Å². The minimum absolute atomic E-state index is 0.208. The van der Waals surface area contributed by atoms with Gasteiger partial charge in [0.25, 0.3) is 0 Å². The highest BCUT2D eigenvalue weighted by Gasteiger charge is 2.33. The van der Waals surface area contributed by atoms with Gasteiger partial charge in [0.1, 0.15) is 11.5 Å². The second kappa shape index (κ2) is 4.01. The minimum atomic E-state index is -4.40. The second-order valence-electron chi connectivity index (χ2n) is 3.96. The van der Waals surface area contributed by atoms with Crippen LogP contribution < -0.4 is 5.32 Å². The van der Waals surface area contributed by atoms with Crippen LogP contribution in [-0.2, 0) is 12.7 Å². The van der Waals surface area contributed by atoms with Crippen LogP contribution in [0.15, 0.2) is 6.07 Å². The molecule has 2 rings (SSSR count). The van der Waals surface area contributed by atoms with Crippen LogP contribution in [-0.4, -0.2) is 16.0 Å². The molecule has 16 heavy (non-hydrogen) atoms. The zero-order chi connectivity index (χ0) is 11.8. The standard InChI is InChI=1S/C10H12F3N3/c1-6-4-8(10(11,12)13)16-9(15-6)5-14-7-2-3-7/h4,7,14H,2-3,5H2,1H3. The number of hydrogen-bond acceptors (Lipinski definition) is 3. The van der Waals surface area contributed by atoms with Crippen LogP contribution in [0, 0.1) is 6.92 Å². The van der Waals surface area contributed by atoms with E-state index in [0.717, 1.165) is 18.9 Å². The van der Waals surface area contributed by atoms with Gasteiger partial charge in [-0.3, -0.25) is 0 Å². The number of alkyl halides is 3. The molecule has 0 bridgehead atoms. The molecule has 0 aromatic carbocycles. The highest BCUT2D eigenvalue weighted by molar-refractivity contribution is 5.13. The number of hydrogen-bond donors (Lipinski definition) is 1. The van der Waals surface area contributed by atoms with Crippen LogP contribution in [0.5, 0.6) is 0 Å². The Labute approximate surface area is 91.1 Å². The van der Waals surface area contributed by atoms with E-state index in [0.29, 0.717) is 18.3 Å². The normalized spacial score (nSPS) is 16.5. The van der Waals surface area contributed by atoms with E-state index in [4.69, 9.17) is 0 Å². The SMILES string of the molecule is Cc1cc(C(F)(F)F)nc(CNC2CC2)n1. The van der Waals surface area contributed by atoms with Gasteiger partial charge in [0.15, 0.2) is 0 Å². The summed E-state index contributed by atoms with van der Waals surface area (Å²) < 4.78 is 37.3. The first-order valence-corrected chi connectivity index (χ1v) is 5.10. The number of nitrogens with one attached hydrogen (secondary N) is 1. The number of nitrogens with zero attached hydrogens (tertiary/aromatic N) is 2. The first-order chi connectivity index (χ1) is 7.45. The molecule has 1 fully saturated rings. The average molecular weight is 231 g/mol. The van der Waals surface area contributed by atoms with Gasteiger partial charge in [-0.05, 0) is 25.8 Å². The molecular formula is C10H12F3N3. The largest absolute Gasteiger partial charge is 0.433 e. The molecule has 1 N–H and O–H groups in total. The zero-order valence-corrected chi connectivity index (χ0v) is 8.80. The molecule has 0 saturated heterocycles. The van der Waals surface area contributed by atoms with Crippen molar-refractivity contribution in [3.05, 3.63) is 23.3 Å². The molecule has 1 aliphatic rings. The van der Waals surface area contributed by atoms with Crippen LogP contribution in [0.25, 0.3) is 0 Å². The highest BCUT2D eigenvalue weighted by Crippen LogP contribution is 2.27. The van der Waals surface area contributed by atoms with E-state index in [-0.39, 0.29) is 5.82 Å². The van der Waals surface area contributed by atoms with Crippen LogP contribution in [0.1, 0.15) is 30.1 Å². The molecule has 0 radical (unpaired) electrons. The van der Waals surface area contributed by atoms with Crippen LogP contribution in [0.4, 0.5) is 13.2 Å². The average Bonchev–Trinajstić information content (AvgIpc) is 2.96. The van der Waals surface area contributed by atoms with Gasteiger partial charge < -0.3 is 5.32 Å². The summed E-state index contributed by atoms with van der Waals surface area (Å²) in [6, 6.07) is 1.39. The van der Waals surface area contributed by atoms with Gasteiger partial charge in [0.05, 0.1) is 6.54 Å². The predicted octanol–water partition coefficient (Wildman–Crippen LogP) is 2.06. The molecule has 0 atom stereocenters. The summed E-state index contributed by atoms with van der Waals surface area (Å²) in [5.41, 5.74) is -0.525. The van der Waals surface area contributed by atoms with E-state index < -0.39 is 11.9 Å². The lowest BCUT2D eigenvalue weighted by atomic mass is 10.3. The highest BCUT2D eigenvalue weighted by atomic mass is 19.4. The number of aromatic nitrogens is 2.